The topological polar surface area (TPSA) is 20.2 Å². The second-order valence-electron chi connectivity index (χ2n) is 3.73. The van der Waals surface area contributed by atoms with Crippen molar-refractivity contribution >= 4 is 39.1 Å². The third-order valence-electron chi connectivity index (χ3n) is 2.51. The zero-order valence-electron chi connectivity index (χ0n) is 9.00. The van der Waals surface area contributed by atoms with Gasteiger partial charge in [-0.15, -0.1) is 0 Å². The summed E-state index contributed by atoms with van der Waals surface area (Å²) in [6.07, 6.45) is -1.04. The molecule has 0 radical (unpaired) electrons. The third kappa shape index (κ3) is 2.86. The highest BCUT2D eigenvalue weighted by molar-refractivity contribution is 9.10. The van der Waals surface area contributed by atoms with E-state index in [2.05, 4.69) is 15.9 Å². The van der Waals surface area contributed by atoms with E-state index in [1.54, 1.807) is 18.2 Å². The van der Waals surface area contributed by atoms with Gasteiger partial charge in [0.2, 0.25) is 0 Å². The summed E-state index contributed by atoms with van der Waals surface area (Å²) in [5.74, 6) is -0.452. The van der Waals surface area contributed by atoms with E-state index in [4.69, 9.17) is 23.2 Å². The molecule has 2 aromatic rings. The molecule has 1 N–H and O–H groups in total. The van der Waals surface area contributed by atoms with E-state index in [-0.39, 0.29) is 0 Å². The summed E-state index contributed by atoms with van der Waals surface area (Å²) in [6.45, 7) is 0. The monoisotopic (exact) mass is 348 g/mol. The minimum Gasteiger partial charge on any atom is -0.384 e. The summed E-state index contributed by atoms with van der Waals surface area (Å²) >= 11 is 15.2. The molecule has 0 bridgehead atoms. The van der Waals surface area contributed by atoms with Crippen LogP contribution < -0.4 is 0 Å². The molecule has 0 saturated heterocycles. The minimum absolute atomic E-state index is 0.302. The Morgan fingerprint density at radius 1 is 1.06 bits per heavy atom. The van der Waals surface area contributed by atoms with Crippen molar-refractivity contribution in [3.8, 4) is 0 Å². The van der Waals surface area contributed by atoms with Crippen LogP contribution >= 0.6 is 39.1 Å². The standard InChI is InChI=1S/C13H8BrCl2FO/c14-11-3-1-7(15)5-9(11)13(18)10-6-8(17)2-4-12(10)16/h1-6,13,18H. The van der Waals surface area contributed by atoms with E-state index in [1.807, 2.05) is 0 Å². The Labute approximate surface area is 122 Å². The molecule has 0 aliphatic rings. The first-order chi connectivity index (χ1) is 8.49. The highest BCUT2D eigenvalue weighted by Gasteiger charge is 2.17. The quantitative estimate of drug-likeness (QED) is 0.810. The first kappa shape index (κ1) is 13.8. The van der Waals surface area contributed by atoms with E-state index >= 15 is 0 Å². The number of benzene rings is 2. The lowest BCUT2D eigenvalue weighted by Crippen LogP contribution is -2.02. The zero-order valence-corrected chi connectivity index (χ0v) is 12.1. The number of aliphatic hydroxyl groups is 1. The highest BCUT2D eigenvalue weighted by atomic mass is 79.9. The predicted molar refractivity (Wildman–Crippen MR) is 74.6 cm³/mol. The molecule has 0 spiro atoms. The molecule has 94 valence electrons. The van der Waals surface area contributed by atoms with Gasteiger partial charge in [-0.3, -0.25) is 0 Å². The fourth-order valence-electron chi connectivity index (χ4n) is 1.62. The Bertz CT molecular complexity index is 538. The van der Waals surface area contributed by atoms with Crippen molar-refractivity contribution in [1.29, 1.82) is 0 Å². The molecule has 1 nitrogen and oxygen atoms in total. The molecule has 0 aliphatic heterocycles. The Morgan fingerprint density at radius 3 is 2.50 bits per heavy atom. The molecule has 5 heteroatoms. The second-order valence-corrected chi connectivity index (χ2v) is 5.43. The Kier molecular flexibility index (Phi) is 4.28. The van der Waals surface area contributed by atoms with Crippen LogP contribution in [-0.2, 0) is 0 Å². The summed E-state index contributed by atoms with van der Waals surface area (Å²) in [4.78, 5) is 0. The first-order valence-electron chi connectivity index (χ1n) is 5.07. The van der Waals surface area contributed by atoms with Gasteiger partial charge in [-0.1, -0.05) is 39.1 Å². The van der Waals surface area contributed by atoms with Crippen LogP contribution in [0.1, 0.15) is 17.2 Å². The SMILES string of the molecule is OC(c1cc(F)ccc1Cl)c1cc(Cl)ccc1Br. The predicted octanol–water partition coefficient (Wildman–Crippen LogP) is 4.98. The van der Waals surface area contributed by atoms with Crippen molar-refractivity contribution in [2.75, 3.05) is 0 Å². The normalized spacial score (nSPS) is 12.5. The van der Waals surface area contributed by atoms with Gasteiger partial charge in [0.15, 0.2) is 0 Å². The van der Waals surface area contributed by atoms with Crippen LogP contribution in [0.2, 0.25) is 10.0 Å². The Morgan fingerprint density at radius 2 is 1.78 bits per heavy atom. The third-order valence-corrected chi connectivity index (χ3v) is 3.81. The maximum absolute atomic E-state index is 13.2. The molecular weight excluding hydrogens is 342 g/mol. The number of hydrogen-bond acceptors (Lipinski definition) is 1. The van der Waals surface area contributed by atoms with Crippen LogP contribution in [0, 0.1) is 5.82 Å². The van der Waals surface area contributed by atoms with E-state index in [0.29, 0.717) is 25.6 Å². The molecule has 1 atom stereocenters. The maximum Gasteiger partial charge on any atom is 0.123 e. The lowest BCUT2D eigenvalue weighted by Gasteiger charge is -2.15. The van der Waals surface area contributed by atoms with Crippen LogP contribution in [0.15, 0.2) is 40.9 Å². The van der Waals surface area contributed by atoms with Gasteiger partial charge in [-0.05, 0) is 36.4 Å². The van der Waals surface area contributed by atoms with E-state index in [9.17, 15) is 9.50 Å². The van der Waals surface area contributed by atoms with Crippen LogP contribution in [0.25, 0.3) is 0 Å². The smallest absolute Gasteiger partial charge is 0.123 e. The van der Waals surface area contributed by atoms with Crippen molar-refractivity contribution in [3.63, 3.8) is 0 Å². The maximum atomic E-state index is 13.2. The second kappa shape index (κ2) is 5.57. The van der Waals surface area contributed by atoms with Gasteiger partial charge in [-0.2, -0.15) is 0 Å². The minimum atomic E-state index is -1.04. The van der Waals surface area contributed by atoms with Gasteiger partial charge < -0.3 is 5.11 Å². The van der Waals surface area contributed by atoms with Crippen molar-refractivity contribution in [2.45, 2.75) is 6.10 Å². The van der Waals surface area contributed by atoms with Crippen molar-refractivity contribution < 1.29 is 9.50 Å². The summed E-state index contributed by atoms with van der Waals surface area (Å²) in [7, 11) is 0. The number of hydrogen-bond donors (Lipinski definition) is 1. The van der Waals surface area contributed by atoms with Crippen molar-refractivity contribution in [2.24, 2.45) is 0 Å². The Balaban J connectivity index is 2.50. The number of rotatable bonds is 2. The van der Waals surface area contributed by atoms with Crippen LogP contribution in [0.4, 0.5) is 4.39 Å². The molecule has 0 heterocycles. The number of halogens is 4. The summed E-state index contributed by atoms with van der Waals surface area (Å²) < 4.78 is 13.9. The fraction of sp³-hybridized carbons (Fsp3) is 0.0769. The average Bonchev–Trinajstić information content (AvgIpc) is 2.34. The van der Waals surface area contributed by atoms with E-state index in [0.717, 1.165) is 0 Å². The molecular formula is C13H8BrCl2FO. The van der Waals surface area contributed by atoms with Gasteiger partial charge in [0, 0.05) is 25.6 Å². The average molecular weight is 350 g/mol. The molecule has 1 unspecified atom stereocenters. The van der Waals surface area contributed by atoms with Gasteiger partial charge in [-0.25, -0.2) is 4.39 Å². The Hall–Kier alpha value is -0.610. The largest absolute Gasteiger partial charge is 0.384 e. The summed E-state index contributed by atoms with van der Waals surface area (Å²) in [6, 6.07) is 8.88. The van der Waals surface area contributed by atoms with Gasteiger partial charge in [0.25, 0.3) is 0 Å². The van der Waals surface area contributed by atoms with E-state index in [1.165, 1.54) is 18.2 Å². The molecule has 0 fully saturated rings. The van der Waals surface area contributed by atoms with Gasteiger partial charge in [0.1, 0.15) is 11.9 Å². The summed E-state index contributed by atoms with van der Waals surface area (Å²) in [5.41, 5.74) is 0.842. The molecule has 2 aromatic carbocycles. The van der Waals surface area contributed by atoms with Crippen molar-refractivity contribution in [3.05, 3.63) is 67.9 Å². The summed E-state index contributed by atoms with van der Waals surface area (Å²) in [5, 5.41) is 11.1. The zero-order chi connectivity index (χ0) is 13.3. The molecule has 2 rings (SSSR count). The number of aliphatic hydroxyl groups excluding tert-OH is 1. The molecule has 0 amide bonds. The molecule has 0 aromatic heterocycles. The first-order valence-corrected chi connectivity index (χ1v) is 6.62. The molecule has 18 heavy (non-hydrogen) atoms. The highest BCUT2D eigenvalue weighted by Crippen LogP contribution is 2.34. The van der Waals surface area contributed by atoms with Gasteiger partial charge in [0.05, 0.1) is 0 Å². The lowest BCUT2D eigenvalue weighted by molar-refractivity contribution is 0.219. The lowest BCUT2D eigenvalue weighted by atomic mass is 10.0. The van der Waals surface area contributed by atoms with Gasteiger partial charge >= 0.3 is 0 Å². The van der Waals surface area contributed by atoms with Crippen LogP contribution in [0.3, 0.4) is 0 Å². The molecule has 0 saturated carbocycles. The fourth-order valence-corrected chi connectivity index (χ4v) is 2.48. The van der Waals surface area contributed by atoms with Crippen LogP contribution in [0.5, 0.6) is 0 Å². The molecule has 0 aliphatic carbocycles. The van der Waals surface area contributed by atoms with Crippen LogP contribution in [-0.4, -0.2) is 5.11 Å². The van der Waals surface area contributed by atoms with Crippen molar-refractivity contribution in [1.82, 2.24) is 0 Å². The van der Waals surface area contributed by atoms with E-state index < -0.39 is 11.9 Å².